The number of hydrogen-bond donors (Lipinski definition) is 3. The number of carbonyl (C=O) groups excluding carboxylic acids is 1. The Bertz CT molecular complexity index is 551. The van der Waals surface area contributed by atoms with Crippen LogP contribution in [0.25, 0.3) is 0 Å². The van der Waals surface area contributed by atoms with Crippen LogP contribution in [0.2, 0.25) is 0 Å². The summed E-state index contributed by atoms with van der Waals surface area (Å²) in [5.41, 5.74) is 0.731. The summed E-state index contributed by atoms with van der Waals surface area (Å²) in [7, 11) is 0. The second-order valence-corrected chi connectivity index (χ2v) is 4.46. The molecule has 2 rings (SSSR count). The molecule has 0 aliphatic rings. The molecule has 5 nitrogen and oxygen atoms in total. The zero-order chi connectivity index (χ0) is 14.4. The Balaban J connectivity index is 1.75. The highest BCUT2D eigenvalue weighted by Crippen LogP contribution is 2.17. The molecule has 0 radical (unpaired) electrons. The summed E-state index contributed by atoms with van der Waals surface area (Å²) < 4.78 is 5.04. The normalized spacial score (nSPS) is 12.1. The predicted octanol–water partition coefficient (Wildman–Crippen LogP) is 1.77. The van der Waals surface area contributed by atoms with Crippen LogP contribution in [0, 0.1) is 0 Å². The number of rotatable bonds is 6. The second-order valence-electron chi connectivity index (χ2n) is 4.46. The number of amides is 1. The molecule has 0 bridgehead atoms. The number of hydrogen-bond acceptors (Lipinski definition) is 4. The molecule has 0 spiro atoms. The number of phenols is 1. The van der Waals surface area contributed by atoms with E-state index in [1.807, 2.05) is 6.07 Å². The van der Waals surface area contributed by atoms with E-state index in [1.165, 1.54) is 6.26 Å². The lowest BCUT2D eigenvalue weighted by atomic mass is 10.1. The number of carbonyl (C=O) groups is 1. The Morgan fingerprint density at radius 1 is 1.25 bits per heavy atom. The Hall–Kier alpha value is -2.27. The molecule has 0 saturated heterocycles. The van der Waals surface area contributed by atoms with Gasteiger partial charge in [-0.3, -0.25) is 4.79 Å². The third kappa shape index (κ3) is 3.86. The molecule has 0 saturated carbocycles. The van der Waals surface area contributed by atoms with Gasteiger partial charge in [0, 0.05) is 6.42 Å². The zero-order valence-electron chi connectivity index (χ0n) is 11.0. The fourth-order valence-electron chi connectivity index (χ4n) is 1.85. The lowest BCUT2D eigenvalue weighted by molar-refractivity contribution is -0.121. The highest BCUT2D eigenvalue weighted by molar-refractivity contribution is 5.76. The molecule has 1 heterocycles. The van der Waals surface area contributed by atoms with E-state index in [9.17, 15) is 15.0 Å². The van der Waals surface area contributed by atoms with Crippen LogP contribution < -0.4 is 5.32 Å². The Morgan fingerprint density at radius 2 is 2.05 bits per heavy atom. The Morgan fingerprint density at radius 3 is 2.75 bits per heavy atom. The summed E-state index contributed by atoms with van der Waals surface area (Å²) in [4.78, 5) is 11.7. The average Bonchev–Trinajstić information content (AvgIpc) is 2.98. The number of benzene rings is 1. The quantitative estimate of drug-likeness (QED) is 0.750. The molecule has 106 valence electrons. The minimum atomic E-state index is -0.848. The highest BCUT2D eigenvalue weighted by atomic mass is 16.4. The number of nitrogens with one attached hydrogen (secondary N) is 1. The minimum Gasteiger partial charge on any atom is -0.508 e. The van der Waals surface area contributed by atoms with Gasteiger partial charge >= 0.3 is 0 Å². The van der Waals surface area contributed by atoms with E-state index >= 15 is 0 Å². The molecule has 1 atom stereocenters. The third-order valence-corrected chi connectivity index (χ3v) is 2.98. The van der Waals surface area contributed by atoms with Crippen LogP contribution in [-0.2, 0) is 11.2 Å². The first-order valence-electron chi connectivity index (χ1n) is 6.42. The molecule has 1 unspecified atom stereocenters. The second kappa shape index (κ2) is 6.77. The predicted molar refractivity (Wildman–Crippen MR) is 73.1 cm³/mol. The van der Waals surface area contributed by atoms with Gasteiger partial charge in [-0.25, -0.2) is 0 Å². The van der Waals surface area contributed by atoms with E-state index in [2.05, 4.69) is 5.32 Å². The standard InChI is InChI=1S/C15H17NO4/c17-12-5-2-1-4-11(12)7-8-15(19)16-10-13(18)14-6-3-9-20-14/h1-6,9,13,17-18H,7-8,10H2,(H,16,19). The number of aliphatic hydroxyl groups excluding tert-OH is 1. The summed E-state index contributed by atoms with van der Waals surface area (Å²) in [6, 6.07) is 10.2. The fourth-order valence-corrected chi connectivity index (χ4v) is 1.85. The molecule has 5 heteroatoms. The average molecular weight is 275 g/mol. The summed E-state index contributed by atoms with van der Waals surface area (Å²) in [5.74, 6) is 0.431. The summed E-state index contributed by atoms with van der Waals surface area (Å²) in [6.45, 7) is 0.104. The molecule has 1 amide bonds. The first kappa shape index (κ1) is 14.1. The minimum absolute atomic E-state index is 0.104. The molecule has 1 aromatic heterocycles. The van der Waals surface area contributed by atoms with Gasteiger partial charge in [-0.05, 0) is 30.2 Å². The smallest absolute Gasteiger partial charge is 0.220 e. The SMILES string of the molecule is O=C(CCc1ccccc1O)NCC(O)c1ccco1. The van der Waals surface area contributed by atoms with Crippen LogP contribution in [0.15, 0.2) is 47.1 Å². The number of aliphatic hydroxyl groups is 1. The van der Waals surface area contributed by atoms with Crippen molar-refractivity contribution < 1.29 is 19.4 Å². The molecular formula is C15H17NO4. The Labute approximate surface area is 116 Å². The van der Waals surface area contributed by atoms with E-state index in [0.29, 0.717) is 12.2 Å². The van der Waals surface area contributed by atoms with Gasteiger partial charge in [0.2, 0.25) is 5.91 Å². The summed E-state index contributed by atoms with van der Waals surface area (Å²) in [6.07, 6.45) is 1.33. The summed E-state index contributed by atoms with van der Waals surface area (Å²) >= 11 is 0. The van der Waals surface area contributed by atoms with Crippen LogP contribution in [0.1, 0.15) is 23.8 Å². The van der Waals surface area contributed by atoms with Crippen molar-refractivity contribution in [2.75, 3.05) is 6.54 Å². The van der Waals surface area contributed by atoms with Crippen molar-refractivity contribution in [2.45, 2.75) is 18.9 Å². The van der Waals surface area contributed by atoms with E-state index in [1.54, 1.807) is 30.3 Å². The van der Waals surface area contributed by atoms with Gasteiger partial charge in [0.15, 0.2) is 0 Å². The van der Waals surface area contributed by atoms with E-state index in [-0.39, 0.29) is 24.6 Å². The number of aromatic hydroxyl groups is 1. The molecule has 1 aromatic carbocycles. The number of furan rings is 1. The van der Waals surface area contributed by atoms with E-state index in [0.717, 1.165) is 5.56 Å². The van der Waals surface area contributed by atoms with Gasteiger partial charge < -0.3 is 19.9 Å². The third-order valence-electron chi connectivity index (χ3n) is 2.98. The van der Waals surface area contributed by atoms with Gasteiger partial charge in [-0.2, -0.15) is 0 Å². The van der Waals surface area contributed by atoms with Crippen molar-refractivity contribution in [3.63, 3.8) is 0 Å². The van der Waals surface area contributed by atoms with Gasteiger partial charge in [0.25, 0.3) is 0 Å². The molecule has 2 aromatic rings. The van der Waals surface area contributed by atoms with Crippen molar-refractivity contribution in [2.24, 2.45) is 0 Å². The number of para-hydroxylation sites is 1. The molecular weight excluding hydrogens is 258 g/mol. The molecule has 20 heavy (non-hydrogen) atoms. The zero-order valence-corrected chi connectivity index (χ0v) is 11.0. The first-order valence-corrected chi connectivity index (χ1v) is 6.42. The van der Waals surface area contributed by atoms with Gasteiger partial charge in [0.1, 0.15) is 17.6 Å². The molecule has 0 aliphatic heterocycles. The van der Waals surface area contributed by atoms with Crippen LogP contribution in [0.5, 0.6) is 5.75 Å². The lowest BCUT2D eigenvalue weighted by Crippen LogP contribution is -2.28. The molecule has 0 aliphatic carbocycles. The van der Waals surface area contributed by atoms with Crippen molar-refractivity contribution in [1.29, 1.82) is 0 Å². The van der Waals surface area contributed by atoms with Crippen LogP contribution >= 0.6 is 0 Å². The maximum atomic E-state index is 11.7. The van der Waals surface area contributed by atoms with Crippen LogP contribution in [0.4, 0.5) is 0 Å². The van der Waals surface area contributed by atoms with Gasteiger partial charge in [-0.1, -0.05) is 18.2 Å². The van der Waals surface area contributed by atoms with Gasteiger partial charge in [-0.15, -0.1) is 0 Å². The topological polar surface area (TPSA) is 82.7 Å². The fraction of sp³-hybridized carbons (Fsp3) is 0.267. The number of aryl methyl sites for hydroxylation is 1. The van der Waals surface area contributed by atoms with Crippen LogP contribution in [-0.4, -0.2) is 22.7 Å². The monoisotopic (exact) mass is 275 g/mol. The van der Waals surface area contributed by atoms with E-state index in [4.69, 9.17) is 4.42 Å². The molecule has 0 fully saturated rings. The van der Waals surface area contributed by atoms with Crippen molar-refractivity contribution in [1.82, 2.24) is 5.32 Å². The number of phenolic OH excluding ortho intramolecular Hbond substituents is 1. The van der Waals surface area contributed by atoms with Crippen molar-refractivity contribution in [3.05, 3.63) is 54.0 Å². The maximum absolute atomic E-state index is 11.7. The largest absolute Gasteiger partial charge is 0.508 e. The van der Waals surface area contributed by atoms with E-state index < -0.39 is 6.10 Å². The Kier molecular flexibility index (Phi) is 4.79. The highest BCUT2D eigenvalue weighted by Gasteiger charge is 2.12. The van der Waals surface area contributed by atoms with Crippen LogP contribution in [0.3, 0.4) is 0 Å². The summed E-state index contributed by atoms with van der Waals surface area (Å²) in [5, 5.41) is 22.0. The van der Waals surface area contributed by atoms with Crippen molar-refractivity contribution in [3.8, 4) is 5.75 Å². The van der Waals surface area contributed by atoms with Crippen molar-refractivity contribution >= 4 is 5.91 Å². The van der Waals surface area contributed by atoms with Gasteiger partial charge in [0.05, 0.1) is 12.8 Å². The first-order chi connectivity index (χ1) is 9.66. The lowest BCUT2D eigenvalue weighted by Gasteiger charge is -2.10. The molecule has 3 N–H and O–H groups in total. The maximum Gasteiger partial charge on any atom is 0.220 e.